The number of rotatable bonds is 6. The molecule has 2 aliphatic rings. The standard InChI is InChI=1S/C20H26N4O2/c1-15(25)21-11-6-12-24-13-17-9-5-10-20(17,14-24)19-22-18(23-26-19)16-7-3-2-4-8-16/h2-4,7-8,17H,5-6,9-14H2,1H3,(H,21,25)/t17-,20-/m1/s1. The van der Waals surface area contributed by atoms with Gasteiger partial charge in [0.2, 0.25) is 17.6 Å². The third-order valence-corrected chi connectivity index (χ3v) is 5.85. The number of benzene rings is 1. The van der Waals surface area contributed by atoms with Crippen LogP contribution in [0.5, 0.6) is 0 Å². The number of hydrogen-bond acceptors (Lipinski definition) is 5. The summed E-state index contributed by atoms with van der Waals surface area (Å²) in [6.07, 6.45) is 4.55. The molecule has 2 aromatic rings. The van der Waals surface area contributed by atoms with E-state index in [1.165, 1.54) is 12.8 Å². The molecular weight excluding hydrogens is 328 g/mol. The van der Waals surface area contributed by atoms with Gasteiger partial charge in [-0.1, -0.05) is 41.9 Å². The van der Waals surface area contributed by atoms with Crippen LogP contribution in [0.4, 0.5) is 0 Å². The van der Waals surface area contributed by atoms with E-state index in [4.69, 9.17) is 9.51 Å². The Labute approximate surface area is 154 Å². The lowest BCUT2D eigenvalue weighted by molar-refractivity contribution is -0.118. The minimum absolute atomic E-state index is 0.00797. The number of amides is 1. The van der Waals surface area contributed by atoms with Crippen LogP contribution >= 0.6 is 0 Å². The van der Waals surface area contributed by atoms with Crippen LogP contribution in [-0.4, -0.2) is 47.1 Å². The van der Waals surface area contributed by atoms with Crippen molar-refractivity contribution in [2.75, 3.05) is 26.2 Å². The van der Waals surface area contributed by atoms with Gasteiger partial charge >= 0.3 is 0 Å². The number of nitrogens with one attached hydrogen (secondary N) is 1. The number of likely N-dealkylation sites (tertiary alicyclic amines) is 1. The third kappa shape index (κ3) is 3.26. The third-order valence-electron chi connectivity index (χ3n) is 5.85. The lowest BCUT2D eigenvalue weighted by Gasteiger charge is -2.24. The van der Waals surface area contributed by atoms with E-state index in [0.29, 0.717) is 11.7 Å². The van der Waals surface area contributed by atoms with Gasteiger partial charge in [0.25, 0.3) is 0 Å². The highest BCUT2D eigenvalue weighted by atomic mass is 16.5. The summed E-state index contributed by atoms with van der Waals surface area (Å²) in [5, 5.41) is 7.13. The fraction of sp³-hybridized carbons (Fsp3) is 0.550. The molecule has 1 amide bonds. The first kappa shape index (κ1) is 17.2. The van der Waals surface area contributed by atoms with Crippen LogP contribution in [0.3, 0.4) is 0 Å². The van der Waals surface area contributed by atoms with Crippen molar-refractivity contribution in [2.24, 2.45) is 5.92 Å². The molecule has 0 bridgehead atoms. The van der Waals surface area contributed by atoms with Gasteiger partial charge in [0.1, 0.15) is 0 Å². The quantitative estimate of drug-likeness (QED) is 0.808. The zero-order chi connectivity index (χ0) is 18.0. The maximum atomic E-state index is 11.0. The first-order valence-corrected chi connectivity index (χ1v) is 9.54. The van der Waals surface area contributed by atoms with Crippen molar-refractivity contribution < 1.29 is 9.32 Å². The van der Waals surface area contributed by atoms with E-state index < -0.39 is 0 Å². The zero-order valence-corrected chi connectivity index (χ0v) is 15.3. The summed E-state index contributed by atoms with van der Waals surface area (Å²) in [4.78, 5) is 18.3. The van der Waals surface area contributed by atoms with Gasteiger partial charge in [-0.05, 0) is 31.7 Å². The molecule has 1 aliphatic heterocycles. The van der Waals surface area contributed by atoms with Crippen molar-refractivity contribution in [3.63, 3.8) is 0 Å². The van der Waals surface area contributed by atoms with Crippen LogP contribution in [0.25, 0.3) is 11.4 Å². The Bertz CT molecular complexity index is 760. The molecular formula is C20H26N4O2. The molecule has 6 nitrogen and oxygen atoms in total. The van der Waals surface area contributed by atoms with E-state index in [9.17, 15) is 4.79 Å². The van der Waals surface area contributed by atoms with Crippen LogP contribution in [0.2, 0.25) is 0 Å². The van der Waals surface area contributed by atoms with Crippen LogP contribution in [0.1, 0.15) is 38.5 Å². The van der Waals surface area contributed by atoms with Gasteiger partial charge in [-0.15, -0.1) is 0 Å². The number of hydrogen-bond donors (Lipinski definition) is 1. The van der Waals surface area contributed by atoms with Crippen molar-refractivity contribution in [1.29, 1.82) is 0 Å². The number of fused-ring (bicyclic) bond motifs is 1. The van der Waals surface area contributed by atoms with Gasteiger partial charge in [0.05, 0.1) is 5.41 Å². The molecule has 1 saturated heterocycles. The van der Waals surface area contributed by atoms with Crippen LogP contribution in [-0.2, 0) is 10.2 Å². The molecule has 6 heteroatoms. The molecule has 2 fully saturated rings. The summed E-state index contributed by atoms with van der Waals surface area (Å²) < 4.78 is 5.77. The minimum Gasteiger partial charge on any atom is -0.356 e. The Kier molecular flexibility index (Phi) is 4.76. The summed E-state index contributed by atoms with van der Waals surface area (Å²) in [6, 6.07) is 10.0. The van der Waals surface area contributed by atoms with Crippen LogP contribution < -0.4 is 5.32 Å². The van der Waals surface area contributed by atoms with Crippen molar-refractivity contribution in [1.82, 2.24) is 20.4 Å². The van der Waals surface area contributed by atoms with E-state index in [2.05, 4.69) is 15.4 Å². The second kappa shape index (κ2) is 7.19. The summed E-state index contributed by atoms with van der Waals surface area (Å²) in [6.45, 7) is 5.37. The molecule has 1 aliphatic carbocycles. The maximum absolute atomic E-state index is 11.0. The average Bonchev–Trinajstić information content (AvgIpc) is 3.33. The number of nitrogens with zero attached hydrogens (tertiary/aromatic N) is 3. The van der Waals surface area contributed by atoms with Gasteiger partial charge in [-0.3, -0.25) is 4.79 Å². The topological polar surface area (TPSA) is 71.3 Å². The number of aromatic nitrogens is 2. The largest absolute Gasteiger partial charge is 0.356 e. The Morgan fingerprint density at radius 2 is 2.23 bits per heavy atom. The highest BCUT2D eigenvalue weighted by Gasteiger charge is 2.53. The summed E-state index contributed by atoms with van der Waals surface area (Å²) in [5.74, 6) is 2.12. The molecule has 0 unspecified atom stereocenters. The van der Waals surface area contributed by atoms with E-state index >= 15 is 0 Å². The highest BCUT2D eigenvalue weighted by Crippen LogP contribution is 2.50. The second-order valence-electron chi connectivity index (χ2n) is 7.61. The SMILES string of the molecule is CC(=O)NCCCN1C[C@H]2CCC[C@@]2(c2nc(-c3ccccc3)no2)C1. The zero-order valence-electron chi connectivity index (χ0n) is 15.3. The molecule has 4 rings (SSSR count). The lowest BCUT2D eigenvalue weighted by atomic mass is 9.80. The Morgan fingerprint density at radius 3 is 3.04 bits per heavy atom. The van der Waals surface area contributed by atoms with Crippen molar-refractivity contribution >= 4 is 5.91 Å². The average molecular weight is 354 g/mol. The molecule has 1 N–H and O–H groups in total. The van der Waals surface area contributed by atoms with Gasteiger partial charge < -0.3 is 14.7 Å². The summed E-state index contributed by atoms with van der Waals surface area (Å²) in [7, 11) is 0. The molecule has 0 spiro atoms. The van der Waals surface area contributed by atoms with Gasteiger partial charge in [0.15, 0.2) is 0 Å². The van der Waals surface area contributed by atoms with Gasteiger partial charge in [-0.2, -0.15) is 4.98 Å². The van der Waals surface area contributed by atoms with E-state index in [0.717, 1.165) is 50.5 Å². The number of carbonyl (C=O) groups excluding carboxylic acids is 1. The monoisotopic (exact) mass is 354 g/mol. The number of carbonyl (C=O) groups is 1. The Morgan fingerprint density at radius 1 is 1.38 bits per heavy atom. The normalized spacial score (nSPS) is 25.3. The first-order valence-electron chi connectivity index (χ1n) is 9.54. The molecule has 2 atom stereocenters. The molecule has 26 heavy (non-hydrogen) atoms. The van der Waals surface area contributed by atoms with Crippen molar-refractivity contribution in [3.05, 3.63) is 36.2 Å². The van der Waals surface area contributed by atoms with Crippen molar-refractivity contribution in [3.8, 4) is 11.4 Å². The predicted molar refractivity (Wildman–Crippen MR) is 98.5 cm³/mol. The highest BCUT2D eigenvalue weighted by molar-refractivity contribution is 5.72. The van der Waals surface area contributed by atoms with Gasteiger partial charge in [-0.25, -0.2) is 0 Å². The lowest BCUT2D eigenvalue weighted by Crippen LogP contribution is -2.33. The molecule has 2 heterocycles. The molecule has 0 radical (unpaired) electrons. The summed E-state index contributed by atoms with van der Waals surface area (Å²) >= 11 is 0. The van der Waals surface area contributed by atoms with E-state index in [1.807, 2.05) is 30.3 Å². The first-order chi connectivity index (χ1) is 12.7. The second-order valence-corrected chi connectivity index (χ2v) is 7.61. The Balaban J connectivity index is 1.46. The van der Waals surface area contributed by atoms with Crippen molar-refractivity contribution in [2.45, 2.75) is 38.0 Å². The smallest absolute Gasteiger partial charge is 0.234 e. The molecule has 138 valence electrons. The van der Waals surface area contributed by atoms with E-state index in [1.54, 1.807) is 6.92 Å². The van der Waals surface area contributed by atoms with Gasteiger partial charge in [0, 0.05) is 32.1 Å². The maximum Gasteiger partial charge on any atom is 0.234 e. The fourth-order valence-electron chi connectivity index (χ4n) is 4.61. The van der Waals surface area contributed by atoms with Crippen LogP contribution in [0.15, 0.2) is 34.9 Å². The fourth-order valence-corrected chi connectivity index (χ4v) is 4.61. The molecule has 1 aromatic carbocycles. The Hall–Kier alpha value is -2.21. The minimum atomic E-state index is 0.00797. The molecule has 1 saturated carbocycles. The van der Waals surface area contributed by atoms with E-state index in [-0.39, 0.29) is 11.3 Å². The molecule has 1 aromatic heterocycles. The van der Waals surface area contributed by atoms with Crippen LogP contribution in [0, 0.1) is 5.92 Å². The predicted octanol–water partition coefficient (Wildman–Crippen LogP) is 2.62. The summed E-state index contributed by atoms with van der Waals surface area (Å²) in [5.41, 5.74) is 1.01.